The lowest BCUT2D eigenvalue weighted by atomic mass is 9.74. The van der Waals surface area contributed by atoms with Crippen LogP contribution in [0.15, 0.2) is 0 Å². The number of carbonyl (C=O) groups excluding carboxylic acids is 2. The fourth-order valence-corrected chi connectivity index (χ4v) is 2.90. The molecule has 0 spiro atoms. The zero-order chi connectivity index (χ0) is 15.9. The van der Waals surface area contributed by atoms with E-state index in [-0.39, 0.29) is 17.2 Å². The van der Waals surface area contributed by atoms with Gasteiger partial charge in [-0.05, 0) is 45.7 Å². The Kier molecular flexibility index (Phi) is 7.15. The van der Waals surface area contributed by atoms with Gasteiger partial charge in [-0.2, -0.15) is 0 Å². The first-order valence-corrected chi connectivity index (χ1v) is 8.20. The van der Waals surface area contributed by atoms with Crippen LogP contribution in [0.2, 0.25) is 0 Å². The van der Waals surface area contributed by atoms with E-state index in [0.29, 0.717) is 18.9 Å². The van der Waals surface area contributed by atoms with Crippen LogP contribution in [-0.2, 0) is 9.59 Å². The summed E-state index contributed by atoms with van der Waals surface area (Å²) in [4.78, 5) is 26.1. The molecular weight excluding hydrogens is 266 g/mol. The highest BCUT2D eigenvalue weighted by atomic mass is 16.2. The molecule has 21 heavy (non-hydrogen) atoms. The standard InChI is InChI=1S/C16H31N3O2/c1-5-19(6-2)14(20)9-11-18-15(21)16(3,4)13-8-7-10-17-12-13/h13,17H,5-12H2,1-4H3,(H,18,21). The molecule has 2 N–H and O–H groups in total. The second-order valence-electron chi connectivity index (χ2n) is 6.34. The van der Waals surface area contributed by atoms with Gasteiger partial charge in [0.05, 0.1) is 0 Å². The molecule has 2 amide bonds. The Labute approximate surface area is 128 Å². The highest BCUT2D eigenvalue weighted by molar-refractivity contribution is 5.83. The first kappa shape index (κ1) is 18.0. The molecule has 1 unspecified atom stereocenters. The molecule has 1 fully saturated rings. The van der Waals surface area contributed by atoms with Gasteiger partial charge in [0.1, 0.15) is 0 Å². The van der Waals surface area contributed by atoms with Crippen LogP contribution >= 0.6 is 0 Å². The van der Waals surface area contributed by atoms with Crippen LogP contribution in [0.25, 0.3) is 0 Å². The molecule has 122 valence electrons. The van der Waals surface area contributed by atoms with Gasteiger partial charge in [0.15, 0.2) is 0 Å². The minimum absolute atomic E-state index is 0.0588. The Bertz CT molecular complexity index is 345. The molecule has 0 aromatic carbocycles. The number of piperidine rings is 1. The highest BCUT2D eigenvalue weighted by Crippen LogP contribution is 2.31. The predicted octanol–water partition coefficient (Wildman–Crippen LogP) is 1.39. The third-order valence-corrected chi connectivity index (χ3v) is 4.64. The van der Waals surface area contributed by atoms with E-state index in [2.05, 4.69) is 10.6 Å². The first-order chi connectivity index (χ1) is 9.93. The molecular formula is C16H31N3O2. The average Bonchev–Trinajstić information content (AvgIpc) is 2.49. The maximum absolute atomic E-state index is 12.4. The van der Waals surface area contributed by atoms with Crippen molar-refractivity contribution in [2.75, 3.05) is 32.7 Å². The zero-order valence-corrected chi connectivity index (χ0v) is 14.0. The second kappa shape index (κ2) is 8.37. The quantitative estimate of drug-likeness (QED) is 0.746. The molecule has 1 aliphatic rings. The summed E-state index contributed by atoms with van der Waals surface area (Å²) in [5.41, 5.74) is -0.383. The van der Waals surface area contributed by atoms with Crippen molar-refractivity contribution < 1.29 is 9.59 Å². The largest absolute Gasteiger partial charge is 0.355 e. The van der Waals surface area contributed by atoms with Crippen molar-refractivity contribution in [1.29, 1.82) is 0 Å². The molecule has 1 heterocycles. The topological polar surface area (TPSA) is 61.4 Å². The van der Waals surface area contributed by atoms with Gasteiger partial charge in [-0.1, -0.05) is 13.8 Å². The van der Waals surface area contributed by atoms with Crippen LogP contribution in [0, 0.1) is 11.3 Å². The SMILES string of the molecule is CCN(CC)C(=O)CCNC(=O)C(C)(C)C1CCCNC1. The summed E-state index contributed by atoms with van der Waals surface area (Å²) in [6.07, 6.45) is 2.60. The molecule has 0 aromatic heterocycles. The summed E-state index contributed by atoms with van der Waals surface area (Å²) in [5, 5.41) is 6.30. The van der Waals surface area contributed by atoms with Crippen LogP contribution in [0.1, 0.15) is 47.0 Å². The molecule has 0 aromatic rings. The summed E-state index contributed by atoms with van der Waals surface area (Å²) in [7, 11) is 0. The van der Waals surface area contributed by atoms with Gasteiger partial charge in [0.2, 0.25) is 11.8 Å². The lowest BCUT2D eigenvalue weighted by Crippen LogP contribution is -2.47. The molecule has 0 aliphatic carbocycles. The van der Waals surface area contributed by atoms with Gasteiger partial charge in [0.25, 0.3) is 0 Å². The fourth-order valence-electron chi connectivity index (χ4n) is 2.90. The van der Waals surface area contributed by atoms with E-state index < -0.39 is 0 Å². The number of nitrogens with zero attached hydrogens (tertiary/aromatic N) is 1. The van der Waals surface area contributed by atoms with Crippen LogP contribution < -0.4 is 10.6 Å². The Balaban J connectivity index is 2.40. The molecule has 1 atom stereocenters. The molecule has 1 aliphatic heterocycles. The molecule has 0 bridgehead atoms. The Hall–Kier alpha value is -1.10. The third-order valence-electron chi connectivity index (χ3n) is 4.64. The van der Waals surface area contributed by atoms with Gasteiger partial charge >= 0.3 is 0 Å². The molecule has 1 rings (SSSR count). The smallest absolute Gasteiger partial charge is 0.225 e. The van der Waals surface area contributed by atoms with E-state index >= 15 is 0 Å². The number of carbonyl (C=O) groups is 2. The van der Waals surface area contributed by atoms with Crippen molar-refractivity contribution in [3.05, 3.63) is 0 Å². The average molecular weight is 297 g/mol. The molecule has 5 nitrogen and oxygen atoms in total. The van der Waals surface area contributed by atoms with Crippen molar-refractivity contribution >= 4 is 11.8 Å². The van der Waals surface area contributed by atoms with Crippen molar-refractivity contribution in [1.82, 2.24) is 15.5 Å². The summed E-state index contributed by atoms with van der Waals surface area (Å²) < 4.78 is 0. The summed E-state index contributed by atoms with van der Waals surface area (Å²) >= 11 is 0. The number of nitrogens with one attached hydrogen (secondary N) is 2. The molecule has 5 heteroatoms. The van der Waals surface area contributed by atoms with Crippen molar-refractivity contribution in [3.63, 3.8) is 0 Å². The summed E-state index contributed by atoms with van der Waals surface area (Å²) in [6, 6.07) is 0. The van der Waals surface area contributed by atoms with Crippen LogP contribution in [0.4, 0.5) is 0 Å². The lowest BCUT2D eigenvalue weighted by Gasteiger charge is -2.36. The number of rotatable bonds is 7. The maximum Gasteiger partial charge on any atom is 0.225 e. The first-order valence-electron chi connectivity index (χ1n) is 8.20. The van der Waals surface area contributed by atoms with Crippen molar-refractivity contribution in [3.8, 4) is 0 Å². The van der Waals surface area contributed by atoms with Crippen LogP contribution in [0.5, 0.6) is 0 Å². The number of hydrogen-bond donors (Lipinski definition) is 2. The van der Waals surface area contributed by atoms with Gasteiger partial charge in [-0.3, -0.25) is 9.59 Å². The maximum atomic E-state index is 12.4. The van der Waals surface area contributed by atoms with E-state index in [9.17, 15) is 9.59 Å². The van der Waals surface area contributed by atoms with Crippen LogP contribution in [-0.4, -0.2) is 49.4 Å². The Morgan fingerprint density at radius 1 is 1.29 bits per heavy atom. The van der Waals surface area contributed by atoms with E-state index in [1.807, 2.05) is 27.7 Å². The van der Waals surface area contributed by atoms with Gasteiger partial charge < -0.3 is 15.5 Å². The normalized spacial score (nSPS) is 19.1. The van der Waals surface area contributed by atoms with E-state index in [4.69, 9.17) is 0 Å². The third kappa shape index (κ3) is 4.99. The lowest BCUT2D eigenvalue weighted by molar-refractivity contribution is -0.133. The van der Waals surface area contributed by atoms with Crippen LogP contribution in [0.3, 0.4) is 0 Å². The zero-order valence-electron chi connectivity index (χ0n) is 14.0. The van der Waals surface area contributed by atoms with Gasteiger partial charge in [-0.15, -0.1) is 0 Å². The van der Waals surface area contributed by atoms with Gasteiger partial charge in [0, 0.05) is 31.5 Å². The summed E-state index contributed by atoms with van der Waals surface area (Å²) in [5.74, 6) is 0.533. The number of amides is 2. The summed E-state index contributed by atoms with van der Waals surface area (Å²) in [6.45, 7) is 11.8. The van der Waals surface area contributed by atoms with Crippen molar-refractivity contribution in [2.24, 2.45) is 11.3 Å². The second-order valence-corrected chi connectivity index (χ2v) is 6.34. The minimum Gasteiger partial charge on any atom is -0.355 e. The molecule has 0 saturated carbocycles. The fraction of sp³-hybridized carbons (Fsp3) is 0.875. The van der Waals surface area contributed by atoms with E-state index in [1.165, 1.54) is 0 Å². The molecule has 0 radical (unpaired) electrons. The van der Waals surface area contributed by atoms with E-state index in [1.54, 1.807) is 4.90 Å². The molecule has 1 saturated heterocycles. The monoisotopic (exact) mass is 297 g/mol. The van der Waals surface area contributed by atoms with Crippen molar-refractivity contribution in [2.45, 2.75) is 47.0 Å². The van der Waals surface area contributed by atoms with E-state index in [0.717, 1.165) is 39.0 Å². The Morgan fingerprint density at radius 2 is 1.95 bits per heavy atom. The minimum atomic E-state index is -0.383. The van der Waals surface area contributed by atoms with Gasteiger partial charge in [-0.25, -0.2) is 0 Å². The number of hydrogen-bond acceptors (Lipinski definition) is 3. The highest BCUT2D eigenvalue weighted by Gasteiger charge is 2.37. The Morgan fingerprint density at radius 3 is 2.48 bits per heavy atom. The predicted molar refractivity (Wildman–Crippen MR) is 84.9 cm³/mol.